The number of hydrogen-bond acceptors (Lipinski definition) is 2. The van der Waals surface area contributed by atoms with Gasteiger partial charge in [0.2, 0.25) is 0 Å². The second-order valence-corrected chi connectivity index (χ2v) is 7.76. The summed E-state index contributed by atoms with van der Waals surface area (Å²) in [5, 5.41) is 3.99. The van der Waals surface area contributed by atoms with Gasteiger partial charge in [0.25, 0.3) is 0 Å². The average Bonchev–Trinajstić information content (AvgIpc) is 2.71. The minimum atomic E-state index is 0.490. The first-order valence-corrected chi connectivity index (χ1v) is 7.83. The summed E-state index contributed by atoms with van der Waals surface area (Å²) in [4.78, 5) is 0. The molecular formula is C16H29NO. The van der Waals surface area contributed by atoms with Gasteiger partial charge in [-0.1, -0.05) is 20.8 Å². The molecule has 2 nitrogen and oxygen atoms in total. The van der Waals surface area contributed by atoms with Crippen molar-refractivity contribution >= 4 is 0 Å². The van der Waals surface area contributed by atoms with Crippen LogP contribution >= 0.6 is 0 Å². The van der Waals surface area contributed by atoms with Gasteiger partial charge in [-0.2, -0.15) is 0 Å². The lowest BCUT2D eigenvalue weighted by Gasteiger charge is -2.48. The van der Waals surface area contributed by atoms with Gasteiger partial charge in [0, 0.05) is 18.7 Å². The number of rotatable bonds is 4. The van der Waals surface area contributed by atoms with Crippen molar-refractivity contribution in [3.8, 4) is 0 Å². The van der Waals surface area contributed by atoms with E-state index in [1.807, 2.05) is 0 Å². The Labute approximate surface area is 112 Å². The lowest BCUT2D eigenvalue weighted by atomic mass is 9.67. The summed E-state index contributed by atoms with van der Waals surface area (Å²) >= 11 is 0. The Bertz CT molecular complexity index is 316. The molecule has 3 fully saturated rings. The molecule has 0 saturated heterocycles. The van der Waals surface area contributed by atoms with Crippen LogP contribution in [0.5, 0.6) is 0 Å². The van der Waals surface area contributed by atoms with E-state index >= 15 is 0 Å². The van der Waals surface area contributed by atoms with Crippen molar-refractivity contribution in [2.45, 2.75) is 78.0 Å². The first-order valence-electron chi connectivity index (χ1n) is 7.83. The quantitative estimate of drug-likeness (QED) is 0.827. The minimum Gasteiger partial charge on any atom is -0.378 e. The summed E-state index contributed by atoms with van der Waals surface area (Å²) < 4.78 is 5.67. The molecule has 104 valence electrons. The predicted octanol–water partition coefficient (Wildman–Crippen LogP) is 3.36. The Morgan fingerprint density at radius 3 is 2.50 bits per heavy atom. The number of hydrogen-bond donors (Lipinski definition) is 1. The molecule has 18 heavy (non-hydrogen) atoms. The molecule has 0 amide bonds. The van der Waals surface area contributed by atoms with E-state index in [1.165, 1.54) is 32.1 Å². The van der Waals surface area contributed by atoms with E-state index in [0.29, 0.717) is 23.0 Å². The summed E-state index contributed by atoms with van der Waals surface area (Å²) in [7, 11) is 0. The van der Waals surface area contributed by atoms with Crippen molar-refractivity contribution in [2.24, 2.45) is 16.7 Å². The highest BCUT2D eigenvalue weighted by molar-refractivity contribution is 5.13. The summed E-state index contributed by atoms with van der Waals surface area (Å²) in [6.45, 7) is 10.4. The van der Waals surface area contributed by atoms with E-state index in [1.54, 1.807) is 0 Å². The van der Waals surface area contributed by atoms with Crippen LogP contribution in [0.4, 0.5) is 0 Å². The molecular weight excluding hydrogens is 222 g/mol. The molecule has 0 aliphatic heterocycles. The number of nitrogens with one attached hydrogen (secondary N) is 1. The van der Waals surface area contributed by atoms with Crippen molar-refractivity contribution < 1.29 is 4.74 Å². The van der Waals surface area contributed by atoms with E-state index < -0.39 is 0 Å². The minimum absolute atomic E-state index is 0.490. The molecule has 0 aromatic heterocycles. The maximum absolute atomic E-state index is 5.67. The molecule has 3 saturated carbocycles. The largest absolute Gasteiger partial charge is 0.378 e. The summed E-state index contributed by atoms with van der Waals surface area (Å²) in [5.41, 5.74) is 1.05. The van der Waals surface area contributed by atoms with Crippen LogP contribution in [-0.4, -0.2) is 24.8 Å². The molecule has 1 N–H and O–H groups in total. The normalized spacial score (nSPS) is 49.3. The van der Waals surface area contributed by atoms with Gasteiger partial charge < -0.3 is 10.1 Å². The molecule has 1 unspecified atom stereocenters. The van der Waals surface area contributed by atoms with Crippen molar-refractivity contribution in [3.05, 3.63) is 0 Å². The highest BCUT2D eigenvalue weighted by Gasteiger charge is 2.59. The van der Waals surface area contributed by atoms with Crippen LogP contribution in [0.2, 0.25) is 0 Å². The second kappa shape index (κ2) is 4.21. The van der Waals surface area contributed by atoms with Crippen LogP contribution in [0.25, 0.3) is 0 Å². The Morgan fingerprint density at radius 1 is 1.22 bits per heavy atom. The fraction of sp³-hybridized carbons (Fsp3) is 1.00. The summed E-state index contributed by atoms with van der Waals surface area (Å²) in [6, 6.07) is 1.43. The standard InChI is InChI=1S/C16H29NO/c1-5-18-13-8-12(9-13)17-14-15(2,3)11-6-7-16(14,4)10-11/h11-14,17H,5-10H2,1-4H3/t11-,12?,13?,14?,16+/m0/s1. The Morgan fingerprint density at radius 2 is 1.94 bits per heavy atom. The molecule has 2 heteroatoms. The van der Waals surface area contributed by atoms with E-state index in [0.717, 1.165) is 18.6 Å². The zero-order valence-corrected chi connectivity index (χ0v) is 12.5. The third-order valence-corrected chi connectivity index (χ3v) is 6.17. The highest BCUT2D eigenvalue weighted by Crippen LogP contribution is 2.62. The van der Waals surface area contributed by atoms with Crippen LogP contribution in [0.1, 0.15) is 59.8 Å². The molecule has 3 atom stereocenters. The molecule has 0 heterocycles. The van der Waals surface area contributed by atoms with Crippen LogP contribution < -0.4 is 5.32 Å². The van der Waals surface area contributed by atoms with Gasteiger partial charge in [-0.05, 0) is 55.8 Å². The molecule has 2 bridgehead atoms. The molecule has 0 spiro atoms. The van der Waals surface area contributed by atoms with Crippen LogP contribution in [0.15, 0.2) is 0 Å². The number of fused-ring (bicyclic) bond motifs is 2. The van der Waals surface area contributed by atoms with Gasteiger partial charge in [-0.15, -0.1) is 0 Å². The van der Waals surface area contributed by atoms with E-state index in [4.69, 9.17) is 4.74 Å². The molecule has 0 aromatic rings. The fourth-order valence-corrected chi connectivity index (χ4v) is 5.03. The van der Waals surface area contributed by atoms with E-state index in [2.05, 4.69) is 33.0 Å². The van der Waals surface area contributed by atoms with Crippen molar-refractivity contribution in [1.29, 1.82) is 0 Å². The van der Waals surface area contributed by atoms with Gasteiger partial charge in [0.1, 0.15) is 0 Å². The summed E-state index contributed by atoms with van der Waals surface area (Å²) in [5.74, 6) is 0.947. The maximum atomic E-state index is 5.67. The van der Waals surface area contributed by atoms with E-state index in [9.17, 15) is 0 Å². The third kappa shape index (κ3) is 1.84. The second-order valence-electron chi connectivity index (χ2n) is 7.76. The van der Waals surface area contributed by atoms with Crippen molar-refractivity contribution in [1.82, 2.24) is 5.32 Å². The zero-order valence-electron chi connectivity index (χ0n) is 12.5. The molecule has 0 radical (unpaired) electrons. The van der Waals surface area contributed by atoms with Crippen LogP contribution in [0.3, 0.4) is 0 Å². The van der Waals surface area contributed by atoms with Gasteiger partial charge in [-0.3, -0.25) is 0 Å². The molecule has 3 rings (SSSR count). The maximum Gasteiger partial charge on any atom is 0.0604 e. The number of ether oxygens (including phenoxy) is 1. The van der Waals surface area contributed by atoms with Crippen molar-refractivity contribution in [2.75, 3.05) is 6.61 Å². The zero-order chi connectivity index (χ0) is 13.0. The van der Waals surface area contributed by atoms with Gasteiger partial charge in [-0.25, -0.2) is 0 Å². The topological polar surface area (TPSA) is 21.3 Å². The van der Waals surface area contributed by atoms with E-state index in [-0.39, 0.29) is 0 Å². The lowest BCUT2D eigenvalue weighted by molar-refractivity contribution is -0.0244. The molecule has 3 aliphatic rings. The Kier molecular flexibility index (Phi) is 3.02. The smallest absolute Gasteiger partial charge is 0.0604 e. The SMILES string of the molecule is CCOC1CC(NC2C(C)(C)[C@H]3CC[C@]2(C)C3)C1. The lowest BCUT2D eigenvalue weighted by Crippen LogP contribution is -2.58. The Balaban J connectivity index is 1.60. The van der Waals surface area contributed by atoms with Gasteiger partial charge >= 0.3 is 0 Å². The fourth-order valence-electron chi connectivity index (χ4n) is 5.03. The Hall–Kier alpha value is -0.0800. The highest BCUT2D eigenvalue weighted by atomic mass is 16.5. The van der Waals surface area contributed by atoms with Crippen LogP contribution in [-0.2, 0) is 4.74 Å². The predicted molar refractivity (Wildman–Crippen MR) is 74.6 cm³/mol. The van der Waals surface area contributed by atoms with Crippen molar-refractivity contribution in [3.63, 3.8) is 0 Å². The average molecular weight is 251 g/mol. The molecule has 0 aromatic carbocycles. The first kappa shape index (κ1) is 12.9. The monoisotopic (exact) mass is 251 g/mol. The van der Waals surface area contributed by atoms with Gasteiger partial charge in [0.05, 0.1) is 6.10 Å². The van der Waals surface area contributed by atoms with Crippen LogP contribution in [0, 0.1) is 16.7 Å². The first-order chi connectivity index (χ1) is 8.45. The third-order valence-electron chi connectivity index (χ3n) is 6.17. The summed E-state index contributed by atoms with van der Waals surface area (Å²) in [6.07, 6.45) is 7.30. The van der Waals surface area contributed by atoms with Gasteiger partial charge in [0.15, 0.2) is 0 Å². The molecule has 3 aliphatic carbocycles.